The van der Waals surface area contributed by atoms with E-state index in [1.165, 1.54) is 10.9 Å². The molecule has 0 unspecified atom stereocenters. The lowest BCUT2D eigenvalue weighted by Gasteiger charge is -2.28. The van der Waals surface area contributed by atoms with E-state index in [9.17, 15) is 9.59 Å². The molecule has 36 heavy (non-hydrogen) atoms. The Labute approximate surface area is 216 Å². The van der Waals surface area contributed by atoms with Crippen molar-refractivity contribution < 1.29 is 9.59 Å². The number of aryl methyl sites for hydroxylation is 1. The maximum absolute atomic E-state index is 13.7. The van der Waals surface area contributed by atoms with E-state index in [2.05, 4.69) is 17.1 Å². The summed E-state index contributed by atoms with van der Waals surface area (Å²) in [5.41, 5.74) is 4.87. The summed E-state index contributed by atoms with van der Waals surface area (Å²) >= 11 is 6.08. The van der Waals surface area contributed by atoms with Gasteiger partial charge in [-0.1, -0.05) is 60.1 Å². The Morgan fingerprint density at radius 1 is 0.972 bits per heavy atom. The number of carbonyl (C=O) groups is 2. The lowest BCUT2D eigenvalue weighted by atomic mass is 10.1. The van der Waals surface area contributed by atoms with E-state index >= 15 is 0 Å². The average Bonchev–Trinajstić information content (AvgIpc) is 3.65. The molecule has 1 fully saturated rings. The topological polar surface area (TPSA) is 56.4 Å². The largest absolute Gasteiger partial charge is 0.361 e. The van der Waals surface area contributed by atoms with Crippen LogP contribution < -0.4 is 0 Å². The van der Waals surface area contributed by atoms with Gasteiger partial charge in [-0.15, -0.1) is 0 Å². The van der Waals surface area contributed by atoms with Gasteiger partial charge in [-0.2, -0.15) is 0 Å². The first-order valence-corrected chi connectivity index (χ1v) is 12.8. The van der Waals surface area contributed by atoms with Crippen LogP contribution in [0.25, 0.3) is 10.9 Å². The second-order valence-corrected chi connectivity index (χ2v) is 9.97. The average molecular weight is 500 g/mol. The molecule has 1 aliphatic rings. The predicted octanol–water partition coefficient (Wildman–Crippen LogP) is 6.01. The molecule has 1 heterocycles. The molecular formula is C30H30ClN3O2. The normalized spacial score (nSPS) is 13.1. The van der Waals surface area contributed by atoms with Crippen LogP contribution in [0.2, 0.25) is 5.02 Å². The fraction of sp³-hybridized carbons (Fsp3) is 0.267. The molecule has 5 rings (SSSR count). The Balaban J connectivity index is 1.36. The van der Waals surface area contributed by atoms with Crippen molar-refractivity contribution in [1.82, 2.24) is 14.8 Å². The monoisotopic (exact) mass is 499 g/mol. The van der Waals surface area contributed by atoms with E-state index in [4.69, 9.17) is 11.6 Å². The highest BCUT2D eigenvalue weighted by molar-refractivity contribution is 6.30. The van der Waals surface area contributed by atoms with Crippen molar-refractivity contribution >= 4 is 34.3 Å². The fourth-order valence-corrected chi connectivity index (χ4v) is 4.79. The van der Waals surface area contributed by atoms with E-state index < -0.39 is 0 Å². The molecule has 2 amide bonds. The van der Waals surface area contributed by atoms with Gasteiger partial charge in [0.2, 0.25) is 5.91 Å². The summed E-state index contributed by atoms with van der Waals surface area (Å²) in [6.45, 7) is 3.04. The second kappa shape index (κ2) is 10.6. The molecule has 5 nitrogen and oxygen atoms in total. The van der Waals surface area contributed by atoms with Crippen LogP contribution in [0.4, 0.5) is 0 Å². The summed E-state index contributed by atoms with van der Waals surface area (Å²) in [5, 5.41) is 1.84. The van der Waals surface area contributed by atoms with Gasteiger partial charge in [0, 0.05) is 46.8 Å². The summed E-state index contributed by atoms with van der Waals surface area (Å²) in [7, 11) is 0. The van der Waals surface area contributed by atoms with Crippen LogP contribution in [0.1, 0.15) is 39.9 Å². The maximum Gasteiger partial charge on any atom is 0.254 e. The Morgan fingerprint density at radius 2 is 1.69 bits per heavy atom. The first kappa shape index (κ1) is 24.1. The number of hydrogen-bond donors (Lipinski definition) is 1. The van der Waals surface area contributed by atoms with Gasteiger partial charge >= 0.3 is 0 Å². The minimum atomic E-state index is -0.0629. The Kier molecular flexibility index (Phi) is 7.10. The van der Waals surface area contributed by atoms with Crippen molar-refractivity contribution in [3.63, 3.8) is 0 Å². The predicted molar refractivity (Wildman–Crippen MR) is 144 cm³/mol. The minimum Gasteiger partial charge on any atom is -0.361 e. The minimum absolute atomic E-state index is 0.0429. The number of H-pyrrole nitrogens is 1. The molecular weight excluding hydrogens is 470 g/mol. The summed E-state index contributed by atoms with van der Waals surface area (Å²) in [6, 6.07) is 23.5. The third-order valence-electron chi connectivity index (χ3n) is 6.89. The van der Waals surface area contributed by atoms with Gasteiger partial charge in [-0.05, 0) is 67.1 Å². The quantitative estimate of drug-likeness (QED) is 0.307. The number of amides is 2. The molecule has 1 aromatic heterocycles. The number of aromatic nitrogens is 1. The molecule has 1 N–H and O–H groups in total. The molecule has 6 heteroatoms. The van der Waals surface area contributed by atoms with Gasteiger partial charge in [0.05, 0.1) is 0 Å². The molecule has 3 aromatic carbocycles. The Hall–Kier alpha value is -3.57. The fourth-order valence-electron chi connectivity index (χ4n) is 4.66. The SMILES string of the molecule is Cc1ccccc1C(=O)N(CC(=O)N(CCc1c[nH]c2ccccc12)Cc1ccc(Cl)cc1)C1CC1. The Morgan fingerprint density at radius 3 is 2.44 bits per heavy atom. The van der Waals surface area contributed by atoms with Gasteiger partial charge in [-0.25, -0.2) is 0 Å². The Bertz CT molecular complexity index is 1370. The summed E-state index contributed by atoms with van der Waals surface area (Å²) in [4.78, 5) is 34.1. The van der Waals surface area contributed by atoms with Crippen LogP contribution >= 0.6 is 11.6 Å². The highest BCUT2D eigenvalue weighted by atomic mass is 35.5. The lowest BCUT2D eigenvalue weighted by molar-refractivity contribution is -0.132. The number of nitrogens with one attached hydrogen (secondary N) is 1. The highest BCUT2D eigenvalue weighted by Gasteiger charge is 2.35. The molecule has 0 bridgehead atoms. The van der Waals surface area contributed by atoms with Crippen molar-refractivity contribution in [2.24, 2.45) is 0 Å². The van der Waals surface area contributed by atoms with Gasteiger partial charge in [0.15, 0.2) is 0 Å². The summed E-state index contributed by atoms with van der Waals surface area (Å²) in [6.07, 6.45) is 4.63. The number of nitrogens with zero attached hydrogens (tertiary/aromatic N) is 2. The van der Waals surface area contributed by atoms with Crippen molar-refractivity contribution in [2.75, 3.05) is 13.1 Å². The van der Waals surface area contributed by atoms with Crippen LogP contribution in [0, 0.1) is 6.92 Å². The van der Waals surface area contributed by atoms with Crippen molar-refractivity contribution in [3.05, 3.63) is 106 Å². The zero-order valence-corrected chi connectivity index (χ0v) is 21.2. The van der Waals surface area contributed by atoms with Gasteiger partial charge in [0.25, 0.3) is 5.91 Å². The third-order valence-corrected chi connectivity index (χ3v) is 7.15. The van der Waals surface area contributed by atoms with Gasteiger partial charge < -0.3 is 14.8 Å². The molecule has 1 aliphatic carbocycles. The molecule has 0 spiro atoms. The standard InChI is InChI=1S/C30H30ClN3O2/c1-21-6-2-3-7-26(21)30(36)34(25-14-15-25)20-29(35)33(19-22-10-12-24(31)13-11-22)17-16-23-18-32-28-9-5-4-8-27(23)28/h2-13,18,25,32H,14-17,19-20H2,1H3. The zero-order valence-electron chi connectivity index (χ0n) is 20.4. The number of benzene rings is 3. The first-order valence-electron chi connectivity index (χ1n) is 12.4. The van der Waals surface area contributed by atoms with E-state index in [-0.39, 0.29) is 24.4 Å². The van der Waals surface area contributed by atoms with Crippen molar-refractivity contribution in [1.29, 1.82) is 0 Å². The molecule has 0 radical (unpaired) electrons. The van der Waals surface area contributed by atoms with Crippen molar-refractivity contribution in [3.8, 4) is 0 Å². The highest BCUT2D eigenvalue weighted by Crippen LogP contribution is 2.29. The second-order valence-electron chi connectivity index (χ2n) is 9.53. The first-order chi connectivity index (χ1) is 17.5. The molecule has 0 atom stereocenters. The number of fused-ring (bicyclic) bond motifs is 1. The van der Waals surface area contributed by atoms with Crippen LogP contribution in [-0.2, 0) is 17.8 Å². The van der Waals surface area contributed by atoms with Crippen LogP contribution in [0.3, 0.4) is 0 Å². The van der Waals surface area contributed by atoms with E-state index in [1.54, 1.807) is 4.90 Å². The van der Waals surface area contributed by atoms with E-state index in [1.807, 2.05) is 78.7 Å². The number of carbonyl (C=O) groups excluding carboxylic acids is 2. The molecule has 0 aliphatic heterocycles. The number of rotatable bonds is 9. The van der Waals surface area contributed by atoms with Crippen molar-refractivity contribution in [2.45, 2.75) is 38.8 Å². The number of halogens is 1. The lowest BCUT2D eigenvalue weighted by Crippen LogP contribution is -2.44. The van der Waals surface area contributed by atoms with Crippen LogP contribution in [0.5, 0.6) is 0 Å². The zero-order chi connectivity index (χ0) is 25.1. The molecule has 0 saturated heterocycles. The number of hydrogen-bond acceptors (Lipinski definition) is 2. The summed E-state index contributed by atoms with van der Waals surface area (Å²) < 4.78 is 0. The maximum atomic E-state index is 13.7. The molecule has 1 saturated carbocycles. The van der Waals surface area contributed by atoms with Crippen LogP contribution in [0.15, 0.2) is 79.0 Å². The third kappa shape index (κ3) is 5.47. The van der Waals surface area contributed by atoms with E-state index in [0.717, 1.165) is 35.9 Å². The molecule has 184 valence electrons. The van der Waals surface area contributed by atoms with Gasteiger partial charge in [-0.3, -0.25) is 9.59 Å². The van der Waals surface area contributed by atoms with Crippen LogP contribution in [-0.4, -0.2) is 45.7 Å². The van der Waals surface area contributed by atoms with Gasteiger partial charge in [0.1, 0.15) is 6.54 Å². The number of para-hydroxylation sites is 1. The van der Waals surface area contributed by atoms with E-state index in [0.29, 0.717) is 23.7 Å². The molecule has 4 aromatic rings. The smallest absolute Gasteiger partial charge is 0.254 e. The number of aromatic amines is 1. The summed E-state index contributed by atoms with van der Waals surface area (Å²) in [5.74, 6) is -0.106.